The van der Waals surface area contributed by atoms with Crippen molar-refractivity contribution in [1.29, 1.82) is 0 Å². The predicted octanol–water partition coefficient (Wildman–Crippen LogP) is 6.73. The Morgan fingerprint density at radius 3 is 2.70 bits per heavy atom. The summed E-state index contributed by atoms with van der Waals surface area (Å²) in [6.45, 7) is 2.29. The summed E-state index contributed by atoms with van der Waals surface area (Å²) in [5.41, 5.74) is 4.48. The summed E-state index contributed by atoms with van der Waals surface area (Å²) in [4.78, 5) is 14.2. The van der Waals surface area contributed by atoms with Gasteiger partial charge in [0.2, 0.25) is 0 Å². The van der Waals surface area contributed by atoms with E-state index in [0.717, 1.165) is 43.7 Å². The second-order valence-electron chi connectivity index (χ2n) is 6.64. The Labute approximate surface area is 187 Å². The van der Waals surface area contributed by atoms with E-state index in [2.05, 4.69) is 36.4 Å². The van der Waals surface area contributed by atoms with Gasteiger partial charge in [-0.2, -0.15) is 0 Å². The summed E-state index contributed by atoms with van der Waals surface area (Å²) in [7, 11) is 0. The number of hydrogen-bond acceptors (Lipinski definition) is 5. The molecule has 5 nitrogen and oxygen atoms in total. The van der Waals surface area contributed by atoms with Crippen molar-refractivity contribution >= 4 is 55.7 Å². The maximum absolute atomic E-state index is 5.91. The van der Waals surface area contributed by atoms with Gasteiger partial charge in [0.25, 0.3) is 0 Å². The molecule has 4 aromatic rings. The standard InChI is InChI=1S/C23H18BrClN4O/c1-15(29-30-13-16-6-9-18(25)10-7-16)17-8-11-20(24)22(12-17)28-23-19-4-2-3-5-21(19)26-14-27-23/h2-12,14H,13H2,1H3,(H,26,27,28). The first-order valence-electron chi connectivity index (χ1n) is 9.28. The summed E-state index contributed by atoms with van der Waals surface area (Å²) in [6.07, 6.45) is 1.56. The van der Waals surface area contributed by atoms with Gasteiger partial charge in [-0.25, -0.2) is 9.97 Å². The summed E-state index contributed by atoms with van der Waals surface area (Å²) >= 11 is 9.51. The molecular formula is C23H18BrClN4O. The minimum absolute atomic E-state index is 0.378. The fraction of sp³-hybridized carbons (Fsp3) is 0.0870. The second kappa shape index (κ2) is 9.24. The minimum Gasteiger partial charge on any atom is -0.391 e. The van der Waals surface area contributed by atoms with Crippen molar-refractivity contribution in [2.24, 2.45) is 5.16 Å². The molecule has 0 aliphatic heterocycles. The lowest BCUT2D eigenvalue weighted by atomic mass is 10.1. The van der Waals surface area contributed by atoms with Crippen LogP contribution in [-0.4, -0.2) is 15.7 Å². The molecule has 4 rings (SSSR count). The van der Waals surface area contributed by atoms with Gasteiger partial charge in [-0.05, 0) is 64.8 Å². The van der Waals surface area contributed by atoms with Crippen molar-refractivity contribution in [3.8, 4) is 0 Å². The van der Waals surface area contributed by atoms with Gasteiger partial charge in [0.15, 0.2) is 0 Å². The summed E-state index contributed by atoms with van der Waals surface area (Å²) in [5, 5.41) is 9.30. The van der Waals surface area contributed by atoms with Crippen molar-refractivity contribution in [3.63, 3.8) is 0 Å². The van der Waals surface area contributed by atoms with Crippen LogP contribution in [0.1, 0.15) is 18.1 Å². The van der Waals surface area contributed by atoms with Gasteiger partial charge in [0.05, 0.1) is 16.9 Å². The summed E-state index contributed by atoms with van der Waals surface area (Å²) in [6, 6.07) is 21.3. The van der Waals surface area contributed by atoms with Crippen LogP contribution in [0, 0.1) is 0 Å². The zero-order chi connectivity index (χ0) is 20.9. The van der Waals surface area contributed by atoms with Gasteiger partial charge in [-0.3, -0.25) is 0 Å². The average molecular weight is 482 g/mol. The Balaban J connectivity index is 1.53. The molecule has 0 fully saturated rings. The lowest BCUT2D eigenvalue weighted by Gasteiger charge is -2.12. The molecule has 30 heavy (non-hydrogen) atoms. The molecule has 0 saturated heterocycles. The summed E-state index contributed by atoms with van der Waals surface area (Å²) < 4.78 is 0.920. The van der Waals surface area contributed by atoms with Crippen LogP contribution in [0.5, 0.6) is 0 Å². The van der Waals surface area contributed by atoms with Crippen LogP contribution in [0.3, 0.4) is 0 Å². The quantitative estimate of drug-likeness (QED) is 0.245. The van der Waals surface area contributed by atoms with Gasteiger partial charge >= 0.3 is 0 Å². The number of para-hydroxylation sites is 1. The van der Waals surface area contributed by atoms with Crippen molar-refractivity contribution in [3.05, 3.63) is 93.7 Å². The monoisotopic (exact) mass is 480 g/mol. The molecule has 3 aromatic carbocycles. The molecule has 0 unspecified atom stereocenters. The van der Waals surface area contributed by atoms with E-state index in [0.29, 0.717) is 11.6 Å². The topological polar surface area (TPSA) is 59.4 Å². The first-order chi connectivity index (χ1) is 14.6. The molecule has 1 N–H and O–H groups in total. The minimum atomic E-state index is 0.378. The number of anilines is 2. The molecule has 0 radical (unpaired) electrons. The number of nitrogens with zero attached hydrogens (tertiary/aromatic N) is 3. The van der Waals surface area contributed by atoms with Crippen molar-refractivity contribution in [1.82, 2.24) is 9.97 Å². The second-order valence-corrected chi connectivity index (χ2v) is 7.93. The van der Waals surface area contributed by atoms with Gasteiger partial charge in [0, 0.05) is 20.4 Å². The van der Waals surface area contributed by atoms with Gasteiger partial charge < -0.3 is 10.2 Å². The smallest absolute Gasteiger partial charge is 0.142 e. The van der Waals surface area contributed by atoms with E-state index in [9.17, 15) is 0 Å². The highest BCUT2D eigenvalue weighted by molar-refractivity contribution is 9.10. The zero-order valence-electron chi connectivity index (χ0n) is 16.1. The van der Waals surface area contributed by atoms with Crippen LogP contribution < -0.4 is 5.32 Å². The molecule has 0 aliphatic carbocycles. The Hall–Kier alpha value is -2.96. The van der Waals surface area contributed by atoms with Crippen LogP contribution in [0.25, 0.3) is 10.9 Å². The van der Waals surface area contributed by atoms with Crippen LogP contribution >= 0.6 is 27.5 Å². The van der Waals surface area contributed by atoms with E-state index < -0.39 is 0 Å². The first-order valence-corrected chi connectivity index (χ1v) is 10.4. The number of benzene rings is 3. The predicted molar refractivity (Wildman–Crippen MR) is 125 cm³/mol. The van der Waals surface area contributed by atoms with Gasteiger partial charge in [0.1, 0.15) is 18.8 Å². The molecule has 150 valence electrons. The van der Waals surface area contributed by atoms with Crippen molar-refractivity contribution in [2.75, 3.05) is 5.32 Å². The van der Waals surface area contributed by atoms with E-state index in [1.165, 1.54) is 0 Å². The highest BCUT2D eigenvalue weighted by Crippen LogP contribution is 2.29. The summed E-state index contributed by atoms with van der Waals surface area (Å²) in [5.74, 6) is 0.743. The molecular weight excluding hydrogens is 464 g/mol. The van der Waals surface area contributed by atoms with Crippen LogP contribution in [-0.2, 0) is 11.4 Å². The Kier molecular flexibility index (Phi) is 6.26. The molecule has 0 aliphatic rings. The maximum atomic E-state index is 5.91. The molecule has 0 spiro atoms. The first kappa shape index (κ1) is 20.3. The highest BCUT2D eigenvalue weighted by atomic mass is 79.9. The Morgan fingerprint density at radius 2 is 1.87 bits per heavy atom. The van der Waals surface area contributed by atoms with Crippen LogP contribution in [0.4, 0.5) is 11.5 Å². The third kappa shape index (κ3) is 4.78. The number of hydrogen-bond donors (Lipinski definition) is 1. The SMILES string of the molecule is CC(=NOCc1ccc(Cl)cc1)c1ccc(Br)c(Nc2ncnc3ccccc23)c1. The van der Waals surface area contributed by atoms with E-state index in [-0.39, 0.29) is 0 Å². The molecule has 1 heterocycles. The maximum Gasteiger partial charge on any atom is 0.142 e. The van der Waals surface area contributed by atoms with Gasteiger partial charge in [-0.15, -0.1) is 0 Å². The number of halogens is 2. The highest BCUT2D eigenvalue weighted by Gasteiger charge is 2.08. The third-order valence-corrected chi connectivity index (χ3v) is 5.47. The number of aromatic nitrogens is 2. The molecule has 0 saturated carbocycles. The van der Waals surface area contributed by atoms with Crippen molar-refractivity contribution < 1.29 is 4.84 Å². The van der Waals surface area contributed by atoms with E-state index in [4.69, 9.17) is 16.4 Å². The molecule has 0 bridgehead atoms. The van der Waals surface area contributed by atoms with Gasteiger partial charge in [-0.1, -0.05) is 47.1 Å². The Bertz CT molecular complexity index is 1210. The average Bonchev–Trinajstić information content (AvgIpc) is 2.77. The normalized spacial score (nSPS) is 11.5. The largest absolute Gasteiger partial charge is 0.391 e. The number of rotatable bonds is 6. The van der Waals surface area contributed by atoms with Crippen molar-refractivity contribution in [2.45, 2.75) is 13.5 Å². The molecule has 7 heteroatoms. The van der Waals surface area contributed by atoms with E-state index >= 15 is 0 Å². The van der Waals surface area contributed by atoms with Crippen LogP contribution in [0.15, 0.2) is 82.7 Å². The van der Waals surface area contributed by atoms with E-state index in [1.54, 1.807) is 6.33 Å². The number of oxime groups is 1. The number of nitrogens with one attached hydrogen (secondary N) is 1. The lowest BCUT2D eigenvalue weighted by molar-refractivity contribution is 0.130. The molecule has 1 aromatic heterocycles. The fourth-order valence-electron chi connectivity index (χ4n) is 2.92. The molecule has 0 amide bonds. The third-order valence-electron chi connectivity index (χ3n) is 4.53. The van der Waals surface area contributed by atoms with E-state index in [1.807, 2.05) is 73.7 Å². The zero-order valence-corrected chi connectivity index (χ0v) is 18.5. The Morgan fingerprint density at radius 1 is 1.07 bits per heavy atom. The van der Waals surface area contributed by atoms with Crippen LogP contribution in [0.2, 0.25) is 5.02 Å². The fourth-order valence-corrected chi connectivity index (χ4v) is 3.39. The molecule has 0 atom stereocenters. The lowest BCUT2D eigenvalue weighted by Crippen LogP contribution is -2.01. The number of fused-ring (bicyclic) bond motifs is 1.